The lowest BCUT2D eigenvalue weighted by Crippen LogP contribution is -3.10. The summed E-state index contributed by atoms with van der Waals surface area (Å²) in [6.45, 7) is 5.12. The van der Waals surface area contributed by atoms with Gasteiger partial charge in [0.25, 0.3) is 0 Å². The Morgan fingerprint density at radius 3 is 2.12 bits per heavy atom. The maximum atomic E-state index is 10.7. The SMILES string of the molecule is CCC1CCC[NH+](C)C1.O=S(=O)([O-])C(F)(F)F. The van der Waals surface area contributed by atoms with Crippen molar-refractivity contribution < 1.29 is 31.0 Å². The van der Waals surface area contributed by atoms with Crippen LogP contribution in [0.4, 0.5) is 13.2 Å². The van der Waals surface area contributed by atoms with Crippen LogP contribution in [0.2, 0.25) is 0 Å². The molecule has 0 radical (unpaired) electrons. The third-order valence-electron chi connectivity index (χ3n) is 2.71. The predicted octanol–water partition coefficient (Wildman–Crippen LogP) is 0.372. The van der Waals surface area contributed by atoms with Crippen LogP contribution in [-0.2, 0) is 10.1 Å². The Bertz CT molecular complexity index is 316. The molecule has 1 saturated heterocycles. The van der Waals surface area contributed by atoms with Gasteiger partial charge in [-0.05, 0) is 19.3 Å². The maximum Gasteiger partial charge on any atom is 0.485 e. The van der Waals surface area contributed by atoms with Crippen molar-refractivity contribution in [3.8, 4) is 0 Å². The fourth-order valence-electron chi connectivity index (χ4n) is 1.74. The lowest BCUT2D eigenvalue weighted by Gasteiger charge is -2.25. The number of hydrogen-bond donors (Lipinski definition) is 1. The molecule has 8 heteroatoms. The minimum Gasteiger partial charge on any atom is -0.741 e. The van der Waals surface area contributed by atoms with Gasteiger partial charge in [-0.25, -0.2) is 8.42 Å². The number of nitrogens with one attached hydrogen (secondary N) is 1. The highest BCUT2D eigenvalue weighted by molar-refractivity contribution is 7.86. The quantitative estimate of drug-likeness (QED) is 0.556. The molecule has 17 heavy (non-hydrogen) atoms. The first-order valence-corrected chi connectivity index (χ1v) is 6.82. The zero-order valence-electron chi connectivity index (χ0n) is 9.88. The highest BCUT2D eigenvalue weighted by Gasteiger charge is 2.36. The Kier molecular flexibility index (Phi) is 6.42. The van der Waals surface area contributed by atoms with Crippen LogP contribution in [0.15, 0.2) is 0 Å². The Hall–Kier alpha value is -0.340. The van der Waals surface area contributed by atoms with E-state index in [1.165, 1.54) is 32.4 Å². The highest BCUT2D eigenvalue weighted by atomic mass is 32.2. The van der Waals surface area contributed by atoms with Crippen molar-refractivity contribution in [3.63, 3.8) is 0 Å². The number of piperidine rings is 1. The highest BCUT2D eigenvalue weighted by Crippen LogP contribution is 2.20. The minimum atomic E-state index is -6.09. The van der Waals surface area contributed by atoms with E-state index in [9.17, 15) is 13.2 Å². The van der Waals surface area contributed by atoms with E-state index < -0.39 is 15.6 Å². The van der Waals surface area contributed by atoms with Gasteiger partial charge in [0.05, 0.1) is 20.1 Å². The lowest BCUT2D eigenvalue weighted by molar-refractivity contribution is -0.888. The van der Waals surface area contributed by atoms with Gasteiger partial charge in [-0.2, -0.15) is 13.2 Å². The molecule has 0 aliphatic carbocycles. The van der Waals surface area contributed by atoms with Gasteiger partial charge in [0.1, 0.15) is 0 Å². The zero-order valence-corrected chi connectivity index (χ0v) is 10.7. The molecule has 1 heterocycles. The summed E-state index contributed by atoms with van der Waals surface area (Å²) in [5, 5.41) is 0. The van der Waals surface area contributed by atoms with Crippen LogP contribution in [0.25, 0.3) is 0 Å². The fourth-order valence-corrected chi connectivity index (χ4v) is 1.74. The molecule has 0 aromatic carbocycles. The molecule has 1 N–H and O–H groups in total. The Morgan fingerprint density at radius 1 is 1.41 bits per heavy atom. The van der Waals surface area contributed by atoms with Crippen molar-refractivity contribution in [2.45, 2.75) is 31.7 Å². The van der Waals surface area contributed by atoms with E-state index in [1.54, 1.807) is 4.90 Å². The summed E-state index contributed by atoms with van der Waals surface area (Å²) in [6, 6.07) is 0. The van der Waals surface area contributed by atoms with Crippen LogP contribution >= 0.6 is 0 Å². The number of hydrogen-bond acceptors (Lipinski definition) is 3. The molecule has 1 aliphatic rings. The third kappa shape index (κ3) is 6.85. The van der Waals surface area contributed by atoms with E-state index >= 15 is 0 Å². The van der Waals surface area contributed by atoms with Gasteiger partial charge >= 0.3 is 5.51 Å². The summed E-state index contributed by atoms with van der Waals surface area (Å²) >= 11 is 0. The zero-order chi connectivity index (χ0) is 13.7. The summed E-state index contributed by atoms with van der Waals surface area (Å²) < 4.78 is 58.9. The smallest absolute Gasteiger partial charge is 0.485 e. The van der Waals surface area contributed by atoms with Crippen LogP contribution in [0.5, 0.6) is 0 Å². The van der Waals surface area contributed by atoms with Crippen LogP contribution in [0, 0.1) is 5.92 Å². The summed E-state index contributed by atoms with van der Waals surface area (Å²) in [5.41, 5.74) is -5.65. The summed E-state index contributed by atoms with van der Waals surface area (Å²) in [6.07, 6.45) is 4.31. The molecule has 0 aromatic heterocycles. The topological polar surface area (TPSA) is 61.6 Å². The predicted molar refractivity (Wildman–Crippen MR) is 55.4 cm³/mol. The van der Waals surface area contributed by atoms with Crippen LogP contribution in [0.3, 0.4) is 0 Å². The second-order valence-corrected chi connectivity index (χ2v) is 5.60. The van der Waals surface area contributed by atoms with Crippen molar-refractivity contribution >= 4 is 10.1 Å². The third-order valence-corrected chi connectivity index (χ3v) is 3.28. The van der Waals surface area contributed by atoms with E-state index in [1.807, 2.05) is 0 Å². The maximum absolute atomic E-state index is 10.7. The van der Waals surface area contributed by atoms with Gasteiger partial charge in [0.15, 0.2) is 10.1 Å². The first kappa shape index (κ1) is 16.7. The standard InChI is InChI=1S/C8H17N.CHF3O3S/c1-3-8-5-4-6-9(2)7-8;2-1(3,4)8(5,6)7/h8H,3-7H2,1-2H3;(H,5,6,7). The van der Waals surface area contributed by atoms with Crippen molar-refractivity contribution in [2.24, 2.45) is 5.92 Å². The van der Waals surface area contributed by atoms with Gasteiger partial charge < -0.3 is 9.45 Å². The van der Waals surface area contributed by atoms with E-state index in [2.05, 4.69) is 14.0 Å². The monoisotopic (exact) mass is 277 g/mol. The number of halogens is 3. The number of rotatable bonds is 1. The first-order valence-electron chi connectivity index (χ1n) is 5.41. The van der Waals surface area contributed by atoms with Gasteiger partial charge in [0.2, 0.25) is 0 Å². The molecule has 0 aromatic rings. The summed E-state index contributed by atoms with van der Waals surface area (Å²) in [5.74, 6) is 1.03. The summed E-state index contributed by atoms with van der Waals surface area (Å²) in [7, 11) is -3.78. The van der Waals surface area contributed by atoms with Crippen molar-refractivity contribution in [2.75, 3.05) is 20.1 Å². The second-order valence-electron chi connectivity index (χ2n) is 4.23. The second kappa shape index (κ2) is 6.55. The minimum absolute atomic E-state index is 1.03. The van der Waals surface area contributed by atoms with Gasteiger partial charge in [-0.3, -0.25) is 0 Å². The average molecular weight is 277 g/mol. The molecule has 1 fully saturated rings. The first-order chi connectivity index (χ1) is 7.58. The van der Waals surface area contributed by atoms with Gasteiger partial charge in [-0.1, -0.05) is 6.92 Å². The number of alkyl halides is 3. The van der Waals surface area contributed by atoms with Crippen molar-refractivity contribution in [1.29, 1.82) is 0 Å². The fraction of sp³-hybridized carbons (Fsp3) is 1.00. The largest absolute Gasteiger partial charge is 0.741 e. The van der Waals surface area contributed by atoms with Crippen LogP contribution in [0.1, 0.15) is 26.2 Å². The molecular weight excluding hydrogens is 259 g/mol. The lowest BCUT2D eigenvalue weighted by atomic mass is 9.96. The van der Waals surface area contributed by atoms with Gasteiger partial charge in [-0.15, -0.1) is 0 Å². The summed E-state index contributed by atoms with van der Waals surface area (Å²) in [4.78, 5) is 1.73. The molecule has 0 bridgehead atoms. The molecule has 0 spiro atoms. The molecule has 1 aliphatic heterocycles. The van der Waals surface area contributed by atoms with Crippen LogP contribution in [-0.4, -0.2) is 38.6 Å². The number of quaternary nitrogens is 1. The average Bonchev–Trinajstić information content (AvgIpc) is 2.15. The molecular formula is C9H18F3NO3S. The number of likely N-dealkylation sites (tertiary alicyclic amines) is 1. The van der Waals surface area contributed by atoms with Crippen molar-refractivity contribution in [3.05, 3.63) is 0 Å². The van der Waals surface area contributed by atoms with E-state index in [0.29, 0.717) is 0 Å². The molecule has 104 valence electrons. The van der Waals surface area contributed by atoms with Gasteiger partial charge in [0, 0.05) is 5.92 Å². The molecule has 0 saturated carbocycles. The van der Waals surface area contributed by atoms with Crippen molar-refractivity contribution in [1.82, 2.24) is 0 Å². The van der Waals surface area contributed by atoms with E-state index in [-0.39, 0.29) is 0 Å². The molecule has 2 atom stereocenters. The Morgan fingerprint density at radius 2 is 1.88 bits per heavy atom. The molecule has 2 unspecified atom stereocenters. The molecule has 4 nitrogen and oxygen atoms in total. The Labute approximate surface area is 99.5 Å². The Balaban J connectivity index is 0.000000304. The molecule has 0 amide bonds. The molecule has 1 rings (SSSR count). The van der Waals surface area contributed by atoms with Crippen LogP contribution < -0.4 is 4.90 Å². The van der Waals surface area contributed by atoms with E-state index in [4.69, 9.17) is 13.0 Å². The van der Waals surface area contributed by atoms with E-state index in [0.717, 1.165) is 5.92 Å². The normalized spacial score (nSPS) is 26.0.